The maximum atomic E-state index is 12.9. The van der Waals surface area contributed by atoms with E-state index in [4.69, 9.17) is 0 Å². The van der Waals surface area contributed by atoms with Crippen LogP contribution in [-0.4, -0.2) is 22.7 Å². The van der Waals surface area contributed by atoms with Crippen LogP contribution in [0.15, 0.2) is 42.5 Å². The lowest BCUT2D eigenvalue weighted by Gasteiger charge is -2.13. The Balaban J connectivity index is 2.00. The Morgan fingerprint density at radius 1 is 1.29 bits per heavy atom. The number of carbonyl (C=O) groups is 1. The molecule has 110 valence electrons. The second-order valence-corrected chi connectivity index (χ2v) is 4.80. The van der Waals surface area contributed by atoms with Gasteiger partial charge in [-0.3, -0.25) is 4.79 Å². The van der Waals surface area contributed by atoms with Gasteiger partial charge in [-0.2, -0.15) is 0 Å². The first kappa shape index (κ1) is 15.0. The van der Waals surface area contributed by atoms with E-state index in [2.05, 4.69) is 5.32 Å². The van der Waals surface area contributed by atoms with Crippen molar-refractivity contribution < 1.29 is 19.4 Å². The van der Waals surface area contributed by atoms with Crippen LogP contribution in [0, 0.1) is 12.7 Å². The fraction of sp³-hybridized carbons (Fsp3) is 0.188. The van der Waals surface area contributed by atoms with E-state index in [1.54, 1.807) is 6.07 Å². The van der Waals surface area contributed by atoms with Crippen LogP contribution >= 0.6 is 0 Å². The zero-order valence-electron chi connectivity index (χ0n) is 11.5. The SMILES string of the molecule is Cc1cccc(C(O)CNC(=O)c2ccc(F)cc2O)c1. The van der Waals surface area contributed by atoms with Crippen molar-refractivity contribution >= 4 is 5.91 Å². The fourth-order valence-electron chi connectivity index (χ4n) is 1.98. The number of halogens is 1. The molecule has 1 atom stereocenters. The van der Waals surface area contributed by atoms with E-state index in [0.29, 0.717) is 5.56 Å². The van der Waals surface area contributed by atoms with Crippen molar-refractivity contribution in [3.8, 4) is 5.75 Å². The van der Waals surface area contributed by atoms with Gasteiger partial charge in [-0.15, -0.1) is 0 Å². The fourth-order valence-corrected chi connectivity index (χ4v) is 1.98. The van der Waals surface area contributed by atoms with E-state index < -0.39 is 23.6 Å². The van der Waals surface area contributed by atoms with Crippen molar-refractivity contribution in [3.63, 3.8) is 0 Å². The molecule has 21 heavy (non-hydrogen) atoms. The van der Waals surface area contributed by atoms with Gasteiger partial charge in [-0.1, -0.05) is 29.8 Å². The summed E-state index contributed by atoms with van der Waals surface area (Å²) >= 11 is 0. The maximum absolute atomic E-state index is 12.9. The average molecular weight is 289 g/mol. The van der Waals surface area contributed by atoms with Crippen LogP contribution in [0.25, 0.3) is 0 Å². The Morgan fingerprint density at radius 3 is 2.71 bits per heavy atom. The zero-order valence-corrected chi connectivity index (χ0v) is 11.5. The third-order valence-corrected chi connectivity index (χ3v) is 3.09. The summed E-state index contributed by atoms with van der Waals surface area (Å²) in [7, 11) is 0. The number of rotatable bonds is 4. The number of amides is 1. The lowest BCUT2D eigenvalue weighted by molar-refractivity contribution is 0.0913. The van der Waals surface area contributed by atoms with Gasteiger partial charge in [0.1, 0.15) is 11.6 Å². The number of phenolic OH excluding ortho intramolecular Hbond substituents is 1. The van der Waals surface area contributed by atoms with E-state index >= 15 is 0 Å². The topological polar surface area (TPSA) is 69.6 Å². The van der Waals surface area contributed by atoms with Crippen molar-refractivity contribution in [1.82, 2.24) is 5.32 Å². The molecule has 0 radical (unpaired) electrons. The molecule has 0 aliphatic carbocycles. The summed E-state index contributed by atoms with van der Waals surface area (Å²) in [5, 5.41) is 22.0. The molecular weight excluding hydrogens is 273 g/mol. The number of aliphatic hydroxyl groups excluding tert-OH is 1. The molecule has 0 aromatic heterocycles. The van der Waals surface area contributed by atoms with Crippen LogP contribution in [-0.2, 0) is 0 Å². The van der Waals surface area contributed by atoms with Gasteiger partial charge in [0.15, 0.2) is 0 Å². The van der Waals surface area contributed by atoms with Crippen molar-refractivity contribution in [2.24, 2.45) is 0 Å². The third kappa shape index (κ3) is 3.79. The molecule has 2 aromatic carbocycles. The van der Waals surface area contributed by atoms with Crippen LogP contribution in [0.4, 0.5) is 4.39 Å². The van der Waals surface area contributed by atoms with Gasteiger partial charge >= 0.3 is 0 Å². The second-order valence-electron chi connectivity index (χ2n) is 4.80. The number of benzene rings is 2. The molecule has 0 heterocycles. The molecule has 1 unspecified atom stereocenters. The smallest absolute Gasteiger partial charge is 0.255 e. The number of carbonyl (C=O) groups excluding carboxylic acids is 1. The van der Waals surface area contributed by atoms with Crippen molar-refractivity contribution in [3.05, 3.63) is 65.0 Å². The van der Waals surface area contributed by atoms with Crippen LogP contribution in [0.5, 0.6) is 5.75 Å². The monoisotopic (exact) mass is 289 g/mol. The van der Waals surface area contributed by atoms with Crippen LogP contribution < -0.4 is 5.32 Å². The first-order valence-electron chi connectivity index (χ1n) is 6.48. The number of aryl methyl sites for hydroxylation is 1. The largest absolute Gasteiger partial charge is 0.507 e. The van der Waals surface area contributed by atoms with Crippen molar-refractivity contribution in [1.29, 1.82) is 0 Å². The summed E-state index contributed by atoms with van der Waals surface area (Å²) in [4.78, 5) is 11.9. The minimum atomic E-state index is -0.851. The highest BCUT2D eigenvalue weighted by Gasteiger charge is 2.14. The third-order valence-electron chi connectivity index (χ3n) is 3.09. The van der Waals surface area contributed by atoms with E-state index in [0.717, 1.165) is 17.7 Å². The summed E-state index contributed by atoms with van der Waals surface area (Å²) in [6.45, 7) is 1.91. The maximum Gasteiger partial charge on any atom is 0.255 e. The zero-order chi connectivity index (χ0) is 15.4. The van der Waals surface area contributed by atoms with Crippen molar-refractivity contribution in [2.75, 3.05) is 6.54 Å². The quantitative estimate of drug-likeness (QED) is 0.809. The lowest BCUT2D eigenvalue weighted by Crippen LogP contribution is -2.28. The first-order chi connectivity index (χ1) is 9.97. The number of hydrogen-bond acceptors (Lipinski definition) is 3. The minimum Gasteiger partial charge on any atom is -0.507 e. The molecule has 2 rings (SSSR count). The second kappa shape index (κ2) is 6.37. The number of hydrogen-bond donors (Lipinski definition) is 3. The van der Waals surface area contributed by atoms with Gasteiger partial charge in [-0.05, 0) is 24.6 Å². The summed E-state index contributed by atoms with van der Waals surface area (Å²) < 4.78 is 12.9. The molecule has 4 nitrogen and oxygen atoms in total. The molecule has 5 heteroatoms. The summed E-state index contributed by atoms with van der Waals surface area (Å²) in [6, 6.07) is 10.5. The van der Waals surface area contributed by atoms with Gasteiger partial charge in [0, 0.05) is 12.6 Å². The standard InChI is InChI=1S/C16H16FNO3/c1-10-3-2-4-11(7-10)15(20)9-18-16(21)13-6-5-12(17)8-14(13)19/h2-8,15,19-20H,9H2,1H3,(H,18,21). The Bertz CT molecular complexity index is 658. The number of aromatic hydroxyl groups is 1. The summed E-state index contributed by atoms with van der Waals surface area (Å²) in [5.41, 5.74) is 1.67. The average Bonchev–Trinajstić information content (AvgIpc) is 2.44. The van der Waals surface area contributed by atoms with Crippen LogP contribution in [0.1, 0.15) is 27.6 Å². The molecule has 0 aliphatic rings. The molecule has 0 fully saturated rings. The highest BCUT2D eigenvalue weighted by molar-refractivity contribution is 5.96. The van der Waals surface area contributed by atoms with E-state index in [-0.39, 0.29) is 12.1 Å². The molecule has 0 bridgehead atoms. The van der Waals surface area contributed by atoms with Gasteiger partial charge < -0.3 is 15.5 Å². The number of phenols is 1. The Labute approximate surface area is 121 Å². The molecule has 0 saturated carbocycles. The minimum absolute atomic E-state index is 0.000890. The predicted octanol–water partition coefficient (Wildman–Crippen LogP) is 2.30. The molecule has 0 aliphatic heterocycles. The lowest BCUT2D eigenvalue weighted by atomic mass is 10.1. The molecule has 2 aromatic rings. The number of aliphatic hydroxyl groups is 1. The summed E-state index contributed by atoms with van der Waals surface area (Å²) in [5.74, 6) is -1.62. The van der Waals surface area contributed by atoms with Gasteiger partial charge in [-0.25, -0.2) is 4.39 Å². The Hall–Kier alpha value is -2.40. The van der Waals surface area contributed by atoms with E-state index in [9.17, 15) is 19.4 Å². The highest BCUT2D eigenvalue weighted by Crippen LogP contribution is 2.18. The predicted molar refractivity (Wildman–Crippen MR) is 76.5 cm³/mol. The van der Waals surface area contributed by atoms with Gasteiger partial charge in [0.25, 0.3) is 5.91 Å². The molecular formula is C16H16FNO3. The Kier molecular flexibility index (Phi) is 4.55. The number of nitrogens with one attached hydrogen (secondary N) is 1. The molecule has 0 spiro atoms. The molecule has 0 saturated heterocycles. The van der Waals surface area contributed by atoms with Crippen molar-refractivity contribution in [2.45, 2.75) is 13.0 Å². The van der Waals surface area contributed by atoms with Gasteiger partial charge in [0.05, 0.1) is 11.7 Å². The van der Waals surface area contributed by atoms with E-state index in [1.807, 2.05) is 25.1 Å². The molecule has 1 amide bonds. The van der Waals surface area contributed by atoms with Gasteiger partial charge in [0.2, 0.25) is 0 Å². The normalized spacial score (nSPS) is 12.0. The Morgan fingerprint density at radius 2 is 2.05 bits per heavy atom. The van der Waals surface area contributed by atoms with E-state index in [1.165, 1.54) is 6.07 Å². The highest BCUT2D eigenvalue weighted by atomic mass is 19.1. The summed E-state index contributed by atoms with van der Waals surface area (Å²) in [6.07, 6.45) is -0.851. The van der Waals surface area contributed by atoms with Crippen LogP contribution in [0.3, 0.4) is 0 Å². The first-order valence-corrected chi connectivity index (χ1v) is 6.48. The molecule has 3 N–H and O–H groups in total. The van der Waals surface area contributed by atoms with Crippen LogP contribution in [0.2, 0.25) is 0 Å².